The Morgan fingerprint density at radius 1 is 0.408 bits per heavy atom. The van der Waals surface area contributed by atoms with Crippen LogP contribution < -0.4 is 11.5 Å². The normalized spacial score (nSPS) is 11.4. The van der Waals surface area contributed by atoms with E-state index in [9.17, 15) is 53.7 Å². The third-order valence-electron chi connectivity index (χ3n) is 16.0. The summed E-state index contributed by atoms with van der Waals surface area (Å²) in [5, 5.41) is 98.9. The minimum Gasteiger partial charge on any atom is -0.508 e. The van der Waals surface area contributed by atoms with Gasteiger partial charge < -0.3 is 60.6 Å². The highest BCUT2D eigenvalue weighted by atomic mass is 79.9. The number of phenolic OH excluding ortho intramolecular Hbond substituents is 4. The largest absolute Gasteiger partial charge is 0.508 e. The standard InChI is InChI=1S/C17H17BrFN5O2.C17H14BrFN4O.C17H18FN5O2.C17H15FN4O/c1-8-6-13(18)23(3)15(8)16-14(17(20)22-26)9(2)21-24(16)12-5-4-10(25)7-11(12)19;1-9-6-15(18)22(3)16(9)17-12(8-20)10(2)21-23(17)14-5-4-11(24)7-13(14)19;1-9-6-7-22(3)15(9)16-14(17(19)21-25)10(2)20-23(16)13-5-4-11(24)8-12(13)18;1-10-6-7-21(3)16(10)17-13(9-19)11(2)20-22(17)15-5-4-12(23)8-14(15)18/h4-7,25-26H,1-3H3,(H2,20,22);4-7,24H,1-3H3;4-8,24-25H,1-3H3,(H2,19,21);4-8,23H,1-3H3. The molecule has 24 nitrogen and oxygen atoms in total. The SMILES string of the molecule is Cc1cc(Br)n(C)c1-c1c(C#N)c(C)nn1-c1ccc(O)cc1F.Cc1cc(Br)n(C)c1-c1c(C(N)=NO)c(C)nn1-c1ccc(O)cc1F.Cc1ccn(C)c1-c1c(C#N)c(C)nn1-c1ccc(O)cc1F.Cc1ccn(C)c1-c1c(C(N)=NO)c(C)nn1-c1ccc(O)cc1F. The summed E-state index contributed by atoms with van der Waals surface area (Å²) in [5.74, 6) is -3.44. The molecule has 4 aromatic carbocycles. The molecule has 98 heavy (non-hydrogen) atoms. The van der Waals surface area contributed by atoms with Crippen molar-refractivity contribution in [1.29, 1.82) is 10.5 Å². The second-order valence-corrected chi connectivity index (χ2v) is 24.3. The van der Waals surface area contributed by atoms with E-state index in [1.165, 1.54) is 67.3 Å². The van der Waals surface area contributed by atoms with Crippen LogP contribution in [-0.2, 0) is 28.2 Å². The monoisotopic (exact) mass is 1460 g/mol. The Labute approximate surface area is 574 Å². The molecular formula is C68H64Br2F4N18O6. The Bertz CT molecular complexity index is 5220. The Hall–Kier alpha value is -11.8. The molecule has 0 radical (unpaired) electrons. The van der Waals surface area contributed by atoms with Crippen molar-refractivity contribution >= 4 is 43.5 Å². The number of aromatic nitrogens is 12. The number of hydrogen-bond donors (Lipinski definition) is 8. The molecule has 504 valence electrons. The lowest BCUT2D eigenvalue weighted by molar-refractivity contribution is 0.318. The van der Waals surface area contributed by atoms with Gasteiger partial charge in [0, 0.05) is 64.8 Å². The predicted octanol–water partition coefficient (Wildman–Crippen LogP) is 12.8. The number of benzene rings is 4. The fraction of sp³-hybridized carbons (Fsp3) is 0.176. The van der Waals surface area contributed by atoms with Crippen molar-refractivity contribution in [3.63, 3.8) is 0 Å². The van der Waals surface area contributed by atoms with Crippen LogP contribution >= 0.6 is 31.9 Å². The summed E-state index contributed by atoms with van der Waals surface area (Å²) in [4.78, 5) is 0. The number of aromatic hydroxyl groups is 4. The van der Waals surface area contributed by atoms with Crippen molar-refractivity contribution in [2.45, 2.75) is 55.4 Å². The molecular weight excluding hydrogens is 1400 g/mol. The van der Waals surface area contributed by atoms with Gasteiger partial charge in [0.15, 0.2) is 34.9 Å². The molecule has 0 bridgehead atoms. The van der Waals surface area contributed by atoms with E-state index in [-0.39, 0.29) is 57.4 Å². The summed E-state index contributed by atoms with van der Waals surface area (Å²) in [5.41, 5.74) is 24.8. The molecule has 0 amide bonds. The van der Waals surface area contributed by atoms with Gasteiger partial charge in [0.25, 0.3) is 0 Å². The maximum Gasteiger partial charge on any atom is 0.174 e. The van der Waals surface area contributed by atoms with Crippen LogP contribution in [0.15, 0.2) is 129 Å². The van der Waals surface area contributed by atoms with Gasteiger partial charge >= 0.3 is 0 Å². The predicted molar refractivity (Wildman–Crippen MR) is 366 cm³/mol. The third-order valence-corrected chi connectivity index (χ3v) is 17.5. The molecule has 0 unspecified atom stereocenters. The Morgan fingerprint density at radius 3 is 0.949 bits per heavy atom. The lowest BCUT2D eigenvalue weighted by Crippen LogP contribution is -2.16. The first-order valence-corrected chi connectivity index (χ1v) is 31.0. The maximum absolute atomic E-state index is 14.5. The van der Waals surface area contributed by atoms with Crippen LogP contribution in [-0.4, -0.2) is 99.9 Å². The molecule has 0 saturated heterocycles. The molecule has 0 spiro atoms. The molecule has 8 aromatic heterocycles. The Balaban J connectivity index is 0.000000153. The van der Waals surface area contributed by atoms with E-state index < -0.39 is 23.3 Å². The number of aryl methyl sites for hydroxylation is 10. The number of halogens is 6. The van der Waals surface area contributed by atoms with Crippen LogP contribution in [0.2, 0.25) is 0 Å². The van der Waals surface area contributed by atoms with Gasteiger partial charge in [-0.3, -0.25) is 0 Å². The van der Waals surface area contributed by atoms with Gasteiger partial charge in [0.1, 0.15) is 91.8 Å². The zero-order valence-electron chi connectivity index (χ0n) is 54.7. The summed E-state index contributed by atoms with van der Waals surface area (Å²) in [7, 11) is 7.40. The number of nitrogens with two attached hydrogens (primary N) is 2. The van der Waals surface area contributed by atoms with Gasteiger partial charge in [-0.05, 0) is 182 Å². The topological polar surface area (TPSA) is 337 Å². The minimum absolute atomic E-state index is 0.112. The highest BCUT2D eigenvalue weighted by Gasteiger charge is 2.30. The second kappa shape index (κ2) is 28.3. The van der Waals surface area contributed by atoms with E-state index in [0.29, 0.717) is 67.8 Å². The van der Waals surface area contributed by atoms with E-state index in [2.05, 4.69) is 74.7 Å². The lowest BCUT2D eigenvalue weighted by atomic mass is 10.1. The summed E-state index contributed by atoms with van der Waals surface area (Å²) in [6, 6.07) is 27.3. The highest BCUT2D eigenvalue weighted by Crippen LogP contribution is 2.39. The molecule has 12 rings (SSSR count). The van der Waals surface area contributed by atoms with E-state index in [4.69, 9.17) is 16.7 Å². The van der Waals surface area contributed by atoms with Crippen LogP contribution in [0.5, 0.6) is 23.0 Å². The molecule has 0 fully saturated rings. The van der Waals surface area contributed by atoms with E-state index >= 15 is 0 Å². The second-order valence-electron chi connectivity index (χ2n) is 22.7. The van der Waals surface area contributed by atoms with Gasteiger partial charge in [-0.2, -0.15) is 30.9 Å². The van der Waals surface area contributed by atoms with Crippen molar-refractivity contribution in [3.8, 4) is 103 Å². The maximum atomic E-state index is 14.5. The van der Waals surface area contributed by atoms with Gasteiger partial charge in [0.05, 0.1) is 65.9 Å². The molecule has 30 heteroatoms. The van der Waals surface area contributed by atoms with Crippen molar-refractivity contribution in [3.05, 3.63) is 209 Å². The fourth-order valence-corrected chi connectivity index (χ4v) is 12.5. The zero-order chi connectivity index (χ0) is 71.8. The molecule has 0 aliphatic heterocycles. The smallest absolute Gasteiger partial charge is 0.174 e. The van der Waals surface area contributed by atoms with Gasteiger partial charge in [-0.25, -0.2) is 36.3 Å². The lowest BCUT2D eigenvalue weighted by Gasteiger charge is -2.13. The molecule has 8 heterocycles. The van der Waals surface area contributed by atoms with E-state index in [0.717, 1.165) is 78.5 Å². The first kappa shape index (κ1) is 70.6. The number of rotatable bonds is 10. The Kier molecular flexibility index (Phi) is 20.4. The van der Waals surface area contributed by atoms with Gasteiger partial charge in [-0.15, -0.1) is 0 Å². The summed E-state index contributed by atoms with van der Waals surface area (Å²) in [6.07, 6.45) is 3.74. The van der Waals surface area contributed by atoms with Crippen LogP contribution in [0, 0.1) is 101 Å². The van der Waals surface area contributed by atoms with Crippen molar-refractivity contribution in [2.24, 2.45) is 50.0 Å². The van der Waals surface area contributed by atoms with E-state index in [1.807, 2.05) is 111 Å². The van der Waals surface area contributed by atoms with Crippen molar-refractivity contribution in [1.82, 2.24) is 57.4 Å². The molecule has 0 atom stereocenters. The number of phenols is 4. The zero-order valence-corrected chi connectivity index (χ0v) is 57.8. The van der Waals surface area contributed by atoms with E-state index in [1.54, 1.807) is 27.7 Å². The van der Waals surface area contributed by atoms with Crippen LogP contribution in [0.25, 0.3) is 68.3 Å². The number of oxime groups is 2. The van der Waals surface area contributed by atoms with Crippen LogP contribution in [0.1, 0.15) is 67.3 Å². The summed E-state index contributed by atoms with van der Waals surface area (Å²) < 4.78 is 72.4. The van der Waals surface area contributed by atoms with Gasteiger partial charge in [-0.1, -0.05) is 10.3 Å². The van der Waals surface area contributed by atoms with Crippen molar-refractivity contribution in [2.75, 3.05) is 0 Å². The number of nitriles is 2. The molecule has 0 aliphatic rings. The van der Waals surface area contributed by atoms with Crippen molar-refractivity contribution < 1.29 is 48.4 Å². The first-order valence-electron chi connectivity index (χ1n) is 29.4. The number of hydrogen-bond acceptors (Lipinski definition) is 14. The van der Waals surface area contributed by atoms with Gasteiger partial charge in [0.2, 0.25) is 0 Å². The quantitative estimate of drug-likeness (QED) is 0.0208. The number of nitrogens with zero attached hydrogens (tertiary/aromatic N) is 16. The molecule has 0 saturated carbocycles. The van der Waals surface area contributed by atoms with Crippen LogP contribution in [0.3, 0.4) is 0 Å². The summed E-state index contributed by atoms with van der Waals surface area (Å²) >= 11 is 6.94. The minimum atomic E-state index is -0.647. The summed E-state index contributed by atoms with van der Waals surface area (Å²) in [6.45, 7) is 14.5. The molecule has 10 N–H and O–H groups in total. The molecule has 12 aromatic rings. The van der Waals surface area contributed by atoms with Crippen LogP contribution in [0.4, 0.5) is 17.6 Å². The Morgan fingerprint density at radius 2 is 0.684 bits per heavy atom. The average molecular weight is 1470 g/mol. The third kappa shape index (κ3) is 13.2. The highest BCUT2D eigenvalue weighted by molar-refractivity contribution is 9.10. The average Bonchev–Trinajstić information content (AvgIpc) is 1.62. The fourth-order valence-electron chi connectivity index (χ4n) is 11.5. The molecule has 0 aliphatic carbocycles. The number of amidine groups is 2. The first-order chi connectivity index (χ1) is 46.4.